The Bertz CT molecular complexity index is 1420. The lowest BCUT2D eigenvalue weighted by Crippen LogP contribution is -2.60. The molecular formula is C38H57N5O7. The molecule has 0 spiro atoms. The molecule has 1 aromatic rings. The number of carbonyl (C=O) groups excluding carboxylic acids is 6. The molecule has 5 amide bonds. The van der Waals surface area contributed by atoms with Gasteiger partial charge in [0.25, 0.3) is 5.91 Å². The zero-order valence-corrected chi connectivity index (χ0v) is 31.0. The maximum Gasteiger partial charge on any atom is 0.408 e. The number of nitrogens with zero attached hydrogens (tertiary/aromatic N) is 2. The summed E-state index contributed by atoms with van der Waals surface area (Å²) in [6, 6.07) is 5.38. The van der Waals surface area contributed by atoms with Crippen LogP contribution in [0.2, 0.25) is 0 Å². The molecule has 3 N–H and O–H groups in total. The largest absolute Gasteiger partial charge is 0.444 e. The highest BCUT2D eigenvalue weighted by Gasteiger charge is 2.69. The summed E-state index contributed by atoms with van der Waals surface area (Å²) >= 11 is 0. The quantitative estimate of drug-likeness (QED) is 0.262. The van der Waals surface area contributed by atoms with Crippen molar-refractivity contribution in [1.82, 2.24) is 25.8 Å². The number of fused-ring (bicyclic) bond motifs is 1. The number of benzene rings is 1. The molecule has 3 aliphatic rings. The second kappa shape index (κ2) is 15.9. The van der Waals surface area contributed by atoms with Crippen molar-refractivity contribution >= 4 is 35.5 Å². The van der Waals surface area contributed by atoms with Gasteiger partial charge in [-0.05, 0) is 68.8 Å². The molecular weight excluding hydrogens is 638 g/mol. The summed E-state index contributed by atoms with van der Waals surface area (Å²) in [5.74, 6) is -2.88. The van der Waals surface area contributed by atoms with Crippen molar-refractivity contribution in [3.05, 3.63) is 35.9 Å². The average Bonchev–Trinajstić information content (AvgIpc) is 3.36. The Hall–Kier alpha value is -3.96. The lowest BCUT2D eigenvalue weighted by Gasteiger charge is -2.37. The van der Waals surface area contributed by atoms with Crippen molar-refractivity contribution in [2.45, 2.75) is 123 Å². The van der Waals surface area contributed by atoms with E-state index in [0.717, 1.165) is 32.1 Å². The van der Waals surface area contributed by atoms with E-state index >= 15 is 0 Å². The van der Waals surface area contributed by atoms with Crippen molar-refractivity contribution in [3.63, 3.8) is 0 Å². The summed E-state index contributed by atoms with van der Waals surface area (Å²) in [6.45, 7) is 11.7. The number of rotatable bonds is 13. The number of hydrogen-bond acceptors (Lipinski definition) is 7. The van der Waals surface area contributed by atoms with Gasteiger partial charge in [0.1, 0.15) is 17.7 Å². The highest BCUT2D eigenvalue weighted by Crippen LogP contribution is 2.65. The topological polar surface area (TPSA) is 154 Å². The number of hydrogen-bond donors (Lipinski definition) is 3. The van der Waals surface area contributed by atoms with Gasteiger partial charge >= 0.3 is 6.09 Å². The van der Waals surface area contributed by atoms with Gasteiger partial charge < -0.3 is 30.5 Å². The fourth-order valence-electron chi connectivity index (χ4n) is 7.77. The zero-order chi connectivity index (χ0) is 37.0. The first-order valence-corrected chi connectivity index (χ1v) is 18.2. The van der Waals surface area contributed by atoms with Crippen LogP contribution >= 0.6 is 0 Å². The number of Topliss-reactive ketones (excluding diaryl/α,β-unsaturated/α-hetero) is 1. The Morgan fingerprint density at radius 1 is 0.960 bits per heavy atom. The highest BCUT2D eigenvalue weighted by molar-refractivity contribution is 6.38. The minimum Gasteiger partial charge on any atom is -0.444 e. The molecule has 50 heavy (non-hydrogen) atoms. The van der Waals surface area contributed by atoms with Gasteiger partial charge in [0, 0.05) is 20.6 Å². The number of alkyl carbamates (subject to hydrolysis) is 1. The van der Waals surface area contributed by atoms with Gasteiger partial charge in [0.2, 0.25) is 23.5 Å². The van der Waals surface area contributed by atoms with Crippen molar-refractivity contribution < 1.29 is 33.5 Å². The van der Waals surface area contributed by atoms with Crippen LogP contribution in [-0.4, -0.2) is 89.7 Å². The highest BCUT2D eigenvalue weighted by atomic mass is 16.6. The Balaban J connectivity index is 1.54. The Morgan fingerprint density at radius 3 is 2.18 bits per heavy atom. The van der Waals surface area contributed by atoms with E-state index in [1.165, 1.54) is 4.90 Å². The summed E-state index contributed by atoms with van der Waals surface area (Å²) in [7, 11) is 3.25. The van der Waals surface area contributed by atoms with Gasteiger partial charge in [-0.25, -0.2) is 4.79 Å². The molecule has 12 nitrogen and oxygen atoms in total. The van der Waals surface area contributed by atoms with Gasteiger partial charge in [-0.3, -0.25) is 24.0 Å². The van der Waals surface area contributed by atoms with Crippen LogP contribution < -0.4 is 16.0 Å². The number of ether oxygens (including phenoxy) is 1. The Morgan fingerprint density at radius 2 is 1.60 bits per heavy atom. The number of nitrogens with one attached hydrogen (secondary N) is 3. The number of carbonyl (C=O) groups is 6. The third kappa shape index (κ3) is 9.23. The Labute approximate surface area is 296 Å². The molecule has 12 heteroatoms. The number of likely N-dealkylation sites (tertiary alicyclic amines) is 1. The minimum atomic E-state index is -1.12. The van der Waals surface area contributed by atoms with E-state index in [9.17, 15) is 28.8 Å². The van der Waals surface area contributed by atoms with Gasteiger partial charge in [0.05, 0.1) is 18.5 Å². The number of ketones is 1. The second-order valence-corrected chi connectivity index (χ2v) is 16.1. The molecule has 1 saturated heterocycles. The molecule has 0 bridgehead atoms. The molecule has 1 unspecified atom stereocenters. The van der Waals surface area contributed by atoms with Crippen LogP contribution in [0.3, 0.4) is 0 Å². The van der Waals surface area contributed by atoms with Crippen LogP contribution in [0, 0.1) is 23.2 Å². The first-order valence-electron chi connectivity index (χ1n) is 18.2. The molecule has 2 saturated carbocycles. The zero-order valence-electron chi connectivity index (χ0n) is 31.0. The summed E-state index contributed by atoms with van der Waals surface area (Å²) in [5.41, 5.74) is -0.266. The molecule has 0 radical (unpaired) electrons. The standard InChI is InChI=1S/C38H57N5O7/c1-9-16-26(32(45)34(47)40-27(21-28(44)42(7)8)23-17-12-10-13-18-23)39-33(46)31-29-25(38(29,5)6)22-43(31)35(48)30(24-19-14-11-15-20-24)41-36(49)50-37(2,3)4/h10,12-13,17-18,24-27,29-31H,9,11,14-16,19-22H2,1-8H3,(H,39,46)(H,40,47)(H,41,49)/t25-,26?,27-,29-,30-,31-/m0/s1. The summed E-state index contributed by atoms with van der Waals surface area (Å²) in [5, 5.41) is 8.45. The van der Waals surface area contributed by atoms with Gasteiger partial charge in [0.15, 0.2) is 0 Å². The molecule has 3 fully saturated rings. The SMILES string of the molecule is CCCC(NC(=O)[C@@H]1[C@@H]2[C@H](CN1C(=O)[C@@H](NC(=O)OC(C)(C)C)C1CCCCC1)C2(C)C)C(=O)C(=O)N[C@@H](CC(=O)N(C)C)c1ccccc1. The van der Waals surface area contributed by atoms with Crippen LogP contribution in [0.25, 0.3) is 0 Å². The molecule has 6 atom stereocenters. The van der Waals surface area contributed by atoms with E-state index in [2.05, 4.69) is 29.8 Å². The van der Waals surface area contributed by atoms with Gasteiger partial charge in [-0.1, -0.05) is 76.8 Å². The lowest BCUT2D eigenvalue weighted by atomic mass is 9.83. The van der Waals surface area contributed by atoms with Gasteiger partial charge in [-0.15, -0.1) is 0 Å². The van der Waals surface area contributed by atoms with E-state index in [1.807, 2.05) is 13.0 Å². The second-order valence-electron chi connectivity index (χ2n) is 16.1. The maximum absolute atomic E-state index is 14.4. The molecule has 1 aliphatic heterocycles. The number of piperidine rings is 1. The maximum atomic E-state index is 14.4. The van der Waals surface area contributed by atoms with Crippen molar-refractivity contribution in [2.75, 3.05) is 20.6 Å². The third-order valence-electron chi connectivity index (χ3n) is 10.6. The van der Waals surface area contributed by atoms with E-state index in [0.29, 0.717) is 18.5 Å². The Kier molecular flexibility index (Phi) is 12.4. The molecule has 2 aliphatic carbocycles. The minimum absolute atomic E-state index is 0.0440. The summed E-state index contributed by atoms with van der Waals surface area (Å²) < 4.78 is 5.53. The van der Waals surface area contributed by atoms with Crippen molar-refractivity contribution in [3.8, 4) is 0 Å². The first kappa shape index (κ1) is 38.8. The average molecular weight is 696 g/mol. The molecule has 1 heterocycles. The predicted octanol–water partition coefficient (Wildman–Crippen LogP) is 4.13. The summed E-state index contributed by atoms with van der Waals surface area (Å²) in [6.07, 6.45) is 4.53. The lowest BCUT2D eigenvalue weighted by molar-refractivity contribution is -0.145. The normalized spacial score (nSPS) is 23.0. The van der Waals surface area contributed by atoms with Crippen LogP contribution in [0.4, 0.5) is 4.79 Å². The van der Waals surface area contributed by atoms with Crippen molar-refractivity contribution in [2.24, 2.45) is 23.2 Å². The van der Waals surface area contributed by atoms with Gasteiger partial charge in [-0.2, -0.15) is 0 Å². The molecule has 0 aromatic heterocycles. The molecule has 276 valence electrons. The predicted molar refractivity (Wildman–Crippen MR) is 188 cm³/mol. The van der Waals surface area contributed by atoms with E-state index in [-0.39, 0.29) is 47.8 Å². The summed E-state index contributed by atoms with van der Waals surface area (Å²) in [4.78, 5) is 84.3. The third-order valence-corrected chi connectivity index (χ3v) is 10.6. The smallest absolute Gasteiger partial charge is 0.408 e. The fraction of sp³-hybridized carbons (Fsp3) is 0.684. The monoisotopic (exact) mass is 695 g/mol. The molecule has 1 aromatic carbocycles. The molecule has 4 rings (SSSR count). The first-order chi connectivity index (χ1) is 23.5. The van der Waals surface area contributed by atoms with Crippen LogP contribution in [-0.2, 0) is 28.7 Å². The van der Waals surface area contributed by atoms with Crippen LogP contribution in [0.15, 0.2) is 30.3 Å². The number of amides is 5. The van der Waals surface area contributed by atoms with Crippen LogP contribution in [0.5, 0.6) is 0 Å². The van der Waals surface area contributed by atoms with Crippen LogP contribution in [0.1, 0.15) is 105 Å². The van der Waals surface area contributed by atoms with E-state index < -0.39 is 53.5 Å². The van der Waals surface area contributed by atoms with E-state index in [1.54, 1.807) is 64.0 Å². The van der Waals surface area contributed by atoms with E-state index in [4.69, 9.17) is 4.74 Å². The fourth-order valence-corrected chi connectivity index (χ4v) is 7.77. The van der Waals surface area contributed by atoms with Crippen molar-refractivity contribution in [1.29, 1.82) is 0 Å².